The largest absolute Gasteiger partial charge is 0.397 e. The van der Waals surface area contributed by atoms with Crippen LogP contribution in [0.5, 0.6) is 0 Å². The third kappa shape index (κ3) is 17.4. The maximum atomic E-state index is 10.9. The molecule has 0 amide bonds. The first-order valence-corrected chi connectivity index (χ1v) is 19.6. The average molecular weight is 798 g/mol. The quantitative estimate of drug-likeness (QED) is 0.0345. The van der Waals surface area contributed by atoms with E-state index in [0.29, 0.717) is 17.9 Å². The van der Waals surface area contributed by atoms with Crippen molar-refractivity contribution in [2.75, 3.05) is 58.6 Å². The van der Waals surface area contributed by atoms with E-state index in [1.807, 2.05) is 0 Å². The molecular formula is C25H38N9O15P3. The lowest BCUT2D eigenvalue weighted by Gasteiger charge is -2.17. The van der Waals surface area contributed by atoms with E-state index in [9.17, 15) is 44.0 Å². The predicted octanol–water partition coefficient (Wildman–Crippen LogP) is 3.04. The molecule has 0 aromatic heterocycles. The normalized spacial score (nSPS) is 11.8. The van der Waals surface area contributed by atoms with Crippen LogP contribution in [-0.2, 0) is 13.7 Å². The van der Waals surface area contributed by atoms with Crippen LogP contribution in [0.2, 0.25) is 0 Å². The molecule has 0 aliphatic rings. The van der Waals surface area contributed by atoms with Crippen LogP contribution in [0.25, 0.3) is 0 Å². The summed E-state index contributed by atoms with van der Waals surface area (Å²) in [7, 11) is -12.3. The SMILES string of the molecule is CC(Nc1ccc([N+](=O)[O-])cc1N)P(=O)(O)O.Nc1cc([N+](=O)[O-])ccc1NCCCP(=O)(O)O.Nc1cc([N+](=O)[O-])ccc1NCCP(=O)(O)O. The summed E-state index contributed by atoms with van der Waals surface area (Å²) in [4.78, 5) is 82.0. The predicted molar refractivity (Wildman–Crippen MR) is 193 cm³/mol. The minimum atomic E-state index is -4.27. The van der Waals surface area contributed by atoms with E-state index in [0.717, 1.165) is 6.07 Å². The molecule has 0 aliphatic carbocycles. The van der Waals surface area contributed by atoms with Crippen LogP contribution in [0.1, 0.15) is 13.3 Å². The molecule has 27 heteroatoms. The van der Waals surface area contributed by atoms with E-state index >= 15 is 0 Å². The first-order chi connectivity index (χ1) is 23.8. The van der Waals surface area contributed by atoms with Gasteiger partial charge in [-0.05, 0) is 31.5 Å². The van der Waals surface area contributed by atoms with Gasteiger partial charge in [-0.2, -0.15) is 0 Å². The van der Waals surface area contributed by atoms with Crippen LogP contribution in [0.4, 0.5) is 51.2 Å². The molecule has 0 spiro atoms. The Kier molecular flexibility index (Phi) is 17.1. The minimum Gasteiger partial charge on any atom is -0.397 e. The molecular weight excluding hydrogens is 759 g/mol. The number of anilines is 6. The van der Waals surface area contributed by atoms with Gasteiger partial charge in [-0.3, -0.25) is 44.0 Å². The first-order valence-electron chi connectivity index (χ1n) is 14.3. The second-order valence-electron chi connectivity index (χ2n) is 10.5. The standard InChI is InChI=1S/C9H14N3O5P.2C8H12N3O5P/c10-8-6-7(12(13)14)2-3-9(8)11-4-1-5-18(15,16)17;1-5(17(14,15)16)10-8-3-2-6(11(12)13)4-7(8)9;9-7-5-6(11(12)13)1-2-8(7)10-3-4-17(14,15)16/h2-3,6,11H,1,4-5,10H2,(H2,15,16,17);2-5,10H,9H2,1H3,(H2,14,15,16);1-2,5,10H,3-4,9H2,(H2,14,15,16). The molecule has 0 bridgehead atoms. The van der Waals surface area contributed by atoms with Crippen molar-refractivity contribution < 1.29 is 57.8 Å². The summed E-state index contributed by atoms with van der Waals surface area (Å²) in [5, 5.41) is 39.4. The van der Waals surface area contributed by atoms with Gasteiger partial charge in [0, 0.05) is 49.5 Å². The molecule has 288 valence electrons. The smallest absolute Gasteiger partial charge is 0.347 e. The fraction of sp³-hybridized carbons (Fsp3) is 0.280. The van der Waals surface area contributed by atoms with Gasteiger partial charge in [-0.15, -0.1) is 0 Å². The zero-order valence-corrected chi connectivity index (χ0v) is 29.8. The minimum absolute atomic E-state index is 0.0340. The van der Waals surface area contributed by atoms with Crippen LogP contribution in [0.15, 0.2) is 54.6 Å². The summed E-state index contributed by atoms with van der Waals surface area (Å²) in [5.74, 6) is -1.12. The van der Waals surface area contributed by atoms with Gasteiger partial charge in [-0.25, -0.2) is 0 Å². The zero-order valence-electron chi connectivity index (χ0n) is 27.1. The van der Waals surface area contributed by atoms with Crippen molar-refractivity contribution in [1.82, 2.24) is 0 Å². The number of rotatable bonds is 15. The molecule has 0 heterocycles. The van der Waals surface area contributed by atoms with Gasteiger partial charge in [0.15, 0.2) is 0 Å². The molecule has 0 aliphatic heterocycles. The lowest BCUT2D eigenvalue weighted by atomic mass is 10.2. The number of nitro benzene ring substituents is 3. The highest BCUT2D eigenvalue weighted by Crippen LogP contribution is 2.42. The third-order valence-electron chi connectivity index (χ3n) is 6.27. The lowest BCUT2D eigenvalue weighted by molar-refractivity contribution is -0.385. The molecule has 0 radical (unpaired) electrons. The molecule has 24 nitrogen and oxygen atoms in total. The number of hydrogen-bond acceptors (Lipinski definition) is 15. The van der Waals surface area contributed by atoms with Gasteiger partial charge in [-0.1, -0.05) is 0 Å². The number of benzene rings is 3. The van der Waals surface area contributed by atoms with E-state index < -0.39 is 43.3 Å². The molecule has 15 N–H and O–H groups in total. The summed E-state index contributed by atoms with van der Waals surface area (Å²) < 4.78 is 32.1. The maximum absolute atomic E-state index is 10.9. The van der Waals surface area contributed by atoms with Gasteiger partial charge in [0.25, 0.3) is 17.1 Å². The molecule has 1 unspecified atom stereocenters. The van der Waals surface area contributed by atoms with Crippen molar-refractivity contribution >= 4 is 74.0 Å². The second kappa shape index (κ2) is 19.6. The zero-order chi connectivity index (χ0) is 40.0. The summed E-state index contributed by atoms with van der Waals surface area (Å²) in [6.45, 7) is 1.65. The van der Waals surface area contributed by atoms with Gasteiger partial charge >= 0.3 is 22.8 Å². The Morgan fingerprint density at radius 3 is 1.27 bits per heavy atom. The van der Waals surface area contributed by atoms with Crippen LogP contribution in [-0.4, -0.2) is 75.3 Å². The molecule has 3 aromatic carbocycles. The van der Waals surface area contributed by atoms with Crippen LogP contribution in [0.3, 0.4) is 0 Å². The number of nitro groups is 3. The van der Waals surface area contributed by atoms with Gasteiger partial charge in [0.05, 0.1) is 61.2 Å². The topological polar surface area (TPSA) is 416 Å². The van der Waals surface area contributed by atoms with E-state index in [4.69, 9.17) is 46.6 Å². The number of hydrogen-bond donors (Lipinski definition) is 12. The van der Waals surface area contributed by atoms with Crippen molar-refractivity contribution in [3.8, 4) is 0 Å². The van der Waals surface area contributed by atoms with Crippen molar-refractivity contribution in [2.45, 2.75) is 19.1 Å². The number of nitrogens with one attached hydrogen (secondary N) is 3. The molecule has 1 atom stereocenters. The highest BCUT2D eigenvalue weighted by atomic mass is 31.2. The number of nitrogen functional groups attached to an aromatic ring is 3. The maximum Gasteiger partial charge on any atom is 0.347 e. The third-order valence-corrected chi connectivity index (χ3v) is 9.11. The molecule has 0 saturated carbocycles. The van der Waals surface area contributed by atoms with Crippen molar-refractivity contribution in [1.29, 1.82) is 0 Å². The monoisotopic (exact) mass is 797 g/mol. The van der Waals surface area contributed by atoms with Gasteiger partial charge in [0.1, 0.15) is 5.78 Å². The first kappa shape index (κ1) is 45.1. The van der Waals surface area contributed by atoms with Crippen molar-refractivity contribution in [2.24, 2.45) is 0 Å². The fourth-order valence-corrected chi connectivity index (χ4v) is 4.88. The van der Waals surface area contributed by atoms with Crippen LogP contribution < -0.4 is 33.2 Å². The Labute approximate surface area is 294 Å². The molecule has 0 saturated heterocycles. The van der Waals surface area contributed by atoms with Crippen molar-refractivity contribution in [3.05, 3.63) is 84.9 Å². The van der Waals surface area contributed by atoms with Gasteiger partial charge < -0.3 is 62.5 Å². The lowest BCUT2D eigenvalue weighted by Crippen LogP contribution is -2.16. The fourth-order valence-electron chi connectivity index (χ4n) is 3.60. The Morgan fingerprint density at radius 2 is 0.962 bits per heavy atom. The van der Waals surface area contributed by atoms with E-state index in [1.165, 1.54) is 55.5 Å². The summed E-state index contributed by atoms with van der Waals surface area (Å²) in [6, 6.07) is 11.5. The van der Waals surface area contributed by atoms with E-state index in [-0.39, 0.29) is 65.1 Å². The Balaban J connectivity index is 0.000000390. The second-order valence-corrected chi connectivity index (χ2v) is 16.0. The van der Waals surface area contributed by atoms with E-state index in [1.54, 1.807) is 0 Å². The Bertz CT molecular complexity index is 1870. The molecule has 52 heavy (non-hydrogen) atoms. The highest BCUT2D eigenvalue weighted by Gasteiger charge is 2.24. The number of non-ortho nitro benzene ring substituents is 3. The van der Waals surface area contributed by atoms with E-state index in [2.05, 4.69) is 16.0 Å². The number of nitrogens with zero attached hydrogens (tertiary/aromatic N) is 3. The molecule has 3 aromatic rings. The number of nitrogens with two attached hydrogens (primary N) is 3. The average Bonchev–Trinajstić information content (AvgIpc) is 3.00. The molecule has 3 rings (SSSR count). The van der Waals surface area contributed by atoms with Crippen molar-refractivity contribution in [3.63, 3.8) is 0 Å². The Hall–Kier alpha value is -4.89. The highest BCUT2D eigenvalue weighted by molar-refractivity contribution is 7.52. The van der Waals surface area contributed by atoms with Crippen LogP contribution in [0, 0.1) is 30.3 Å². The van der Waals surface area contributed by atoms with Gasteiger partial charge in [0.2, 0.25) is 0 Å². The summed E-state index contributed by atoms with van der Waals surface area (Å²) in [6.07, 6.45) is -0.267. The summed E-state index contributed by atoms with van der Waals surface area (Å²) >= 11 is 0. The Morgan fingerprint density at radius 1 is 0.615 bits per heavy atom. The summed E-state index contributed by atoms with van der Waals surface area (Å²) in [5.41, 5.74) is 17.9. The molecule has 0 fully saturated rings. The van der Waals surface area contributed by atoms with Crippen LogP contribution >= 0.6 is 22.8 Å².